The number of hydrogen-bond acceptors (Lipinski definition) is 4. The minimum Gasteiger partial charge on any atom is -0.294 e. The van der Waals surface area contributed by atoms with Crippen LogP contribution in [-0.2, 0) is 10.1 Å². The molecular weight excluding hydrogens is 366 g/mol. The summed E-state index contributed by atoms with van der Waals surface area (Å²) in [5.74, 6) is -0.229. The number of Topliss-reactive ketones (excluding diaryl/α,β-unsaturated/α-hetero) is 1. The maximum absolute atomic E-state index is 12.5. The van der Waals surface area contributed by atoms with Crippen molar-refractivity contribution in [1.82, 2.24) is 0 Å². The van der Waals surface area contributed by atoms with Crippen molar-refractivity contribution in [1.29, 1.82) is 0 Å². The van der Waals surface area contributed by atoms with E-state index in [-0.39, 0.29) is 22.7 Å². The van der Waals surface area contributed by atoms with Crippen LogP contribution >= 0.6 is 0 Å². The van der Waals surface area contributed by atoms with Gasteiger partial charge < -0.3 is 0 Å². The Balaban J connectivity index is 2.35. The summed E-state index contributed by atoms with van der Waals surface area (Å²) in [6.07, 6.45) is 0.193. The molecule has 0 atom stereocenters. The second-order valence-corrected chi connectivity index (χ2v) is 7.59. The van der Waals surface area contributed by atoms with Gasteiger partial charge in [-0.1, -0.05) is 48.4 Å². The normalized spacial score (nSPS) is 11.9. The molecular formula is C19H13N3O4S. The van der Waals surface area contributed by atoms with Crippen LogP contribution in [0.2, 0.25) is 0 Å². The average molecular weight is 379 g/mol. The van der Waals surface area contributed by atoms with Crippen molar-refractivity contribution in [3.05, 3.63) is 58.5 Å². The molecule has 0 aromatic heterocycles. The van der Waals surface area contributed by atoms with Gasteiger partial charge in [-0.2, -0.15) is 8.42 Å². The maximum atomic E-state index is 12.5. The van der Waals surface area contributed by atoms with Crippen LogP contribution in [0.5, 0.6) is 0 Å². The van der Waals surface area contributed by atoms with Gasteiger partial charge in [-0.3, -0.25) is 9.35 Å². The molecule has 7 nitrogen and oxygen atoms in total. The molecule has 0 bridgehead atoms. The van der Waals surface area contributed by atoms with E-state index in [9.17, 15) is 17.8 Å². The van der Waals surface area contributed by atoms with E-state index in [4.69, 9.17) is 5.53 Å². The van der Waals surface area contributed by atoms with Crippen LogP contribution in [0.3, 0.4) is 0 Å². The largest absolute Gasteiger partial charge is 0.295 e. The van der Waals surface area contributed by atoms with E-state index in [1.54, 1.807) is 37.3 Å². The van der Waals surface area contributed by atoms with E-state index in [2.05, 4.69) is 10.0 Å². The SMILES string of the molecule is CCC(=O)c1cc(S(=O)(=O)O)c2ccc3c(N=[N+]=[N-])ccc4ccc1c2c43. The van der Waals surface area contributed by atoms with Crippen LogP contribution in [0.15, 0.2) is 52.5 Å². The van der Waals surface area contributed by atoms with Gasteiger partial charge in [0.05, 0.1) is 0 Å². The van der Waals surface area contributed by atoms with Gasteiger partial charge in [0.25, 0.3) is 10.1 Å². The molecule has 27 heavy (non-hydrogen) atoms. The van der Waals surface area contributed by atoms with E-state index in [1.807, 2.05) is 6.07 Å². The number of benzene rings is 4. The highest BCUT2D eigenvalue weighted by Gasteiger charge is 2.23. The summed E-state index contributed by atoms with van der Waals surface area (Å²) in [7, 11) is -4.55. The predicted octanol–water partition coefficient (Wildman–Crippen LogP) is 5.37. The zero-order chi connectivity index (χ0) is 19.3. The lowest BCUT2D eigenvalue weighted by Gasteiger charge is -2.16. The van der Waals surface area contributed by atoms with Crippen LogP contribution in [0.25, 0.3) is 42.8 Å². The van der Waals surface area contributed by atoms with Gasteiger partial charge in [-0.05, 0) is 38.5 Å². The minimum atomic E-state index is -4.55. The molecule has 1 N–H and O–H groups in total. The van der Waals surface area contributed by atoms with Gasteiger partial charge in [-0.15, -0.1) is 0 Å². The molecule has 0 aliphatic carbocycles. The van der Waals surface area contributed by atoms with E-state index in [0.717, 1.165) is 5.39 Å². The lowest BCUT2D eigenvalue weighted by molar-refractivity contribution is 0.0989. The van der Waals surface area contributed by atoms with Crippen LogP contribution in [0.4, 0.5) is 5.69 Å². The standard InChI is InChI=1S/C19H13N3O4S/c1-2-16(23)14-9-17(27(24,25)26)13-7-6-12-15(21-22-20)8-4-10-3-5-11(14)19(13)18(10)12/h3-9H,2H2,1H3,(H,24,25,26). The molecule has 0 fully saturated rings. The van der Waals surface area contributed by atoms with E-state index in [0.29, 0.717) is 32.6 Å². The van der Waals surface area contributed by atoms with Crippen LogP contribution < -0.4 is 0 Å². The first-order valence-electron chi connectivity index (χ1n) is 8.17. The molecule has 0 spiro atoms. The molecule has 0 saturated heterocycles. The lowest BCUT2D eigenvalue weighted by Crippen LogP contribution is -2.05. The molecule has 0 unspecified atom stereocenters. The number of azide groups is 1. The van der Waals surface area contributed by atoms with Gasteiger partial charge >= 0.3 is 0 Å². The molecule has 0 saturated carbocycles. The number of nitrogens with zero attached hydrogens (tertiary/aromatic N) is 3. The first-order valence-corrected chi connectivity index (χ1v) is 9.61. The minimum absolute atomic E-state index is 0.193. The summed E-state index contributed by atoms with van der Waals surface area (Å²) < 4.78 is 33.7. The molecule has 4 aromatic rings. The van der Waals surface area contributed by atoms with E-state index < -0.39 is 10.1 Å². The summed E-state index contributed by atoms with van der Waals surface area (Å²) in [6, 6.07) is 11.5. The molecule has 0 radical (unpaired) electrons. The molecule has 4 aromatic carbocycles. The third-order valence-electron chi connectivity index (χ3n) is 4.77. The summed E-state index contributed by atoms with van der Waals surface area (Å²) >= 11 is 0. The fourth-order valence-electron chi connectivity index (χ4n) is 3.62. The van der Waals surface area contributed by atoms with Crippen LogP contribution in [0, 0.1) is 0 Å². The summed E-state index contributed by atoms with van der Waals surface area (Å²) in [5.41, 5.74) is 9.46. The third-order valence-corrected chi connectivity index (χ3v) is 5.67. The molecule has 134 valence electrons. The lowest BCUT2D eigenvalue weighted by atomic mass is 9.90. The smallest absolute Gasteiger partial charge is 0.294 e. The maximum Gasteiger partial charge on any atom is 0.295 e. The zero-order valence-electron chi connectivity index (χ0n) is 14.2. The molecule has 0 aliphatic rings. The van der Waals surface area contributed by atoms with Crippen molar-refractivity contribution in [2.45, 2.75) is 18.2 Å². The second-order valence-electron chi connectivity index (χ2n) is 6.20. The van der Waals surface area contributed by atoms with Crippen LogP contribution in [-0.4, -0.2) is 18.8 Å². The number of hydrogen-bond donors (Lipinski definition) is 1. The van der Waals surface area contributed by atoms with Crippen molar-refractivity contribution in [3.63, 3.8) is 0 Å². The number of carbonyl (C=O) groups is 1. The monoisotopic (exact) mass is 379 g/mol. The number of carbonyl (C=O) groups excluding carboxylic acids is 1. The van der Waals surface area contributed by atoms with Gasteiger partial charge in [0, 0.05) is 28.0 Å². The highest BCUT2D eigenvalue weighted by atomic mass is 32.2. The Morgan fingerprint density at radius 3 is 2.41 bits per heavy atom. The number of rotatable bonds is 4. The fraction of sp³-hybridized carbons (Fsp3) is 0.105. The van der Waals surface area contributed by atoms with Crippen LogP contribution in [0.1, 0.15) is 23.7 Å². The van der Waals surface area contributed by atoms with Crippen molar-refractivity contribution in [2.75, 3.05) is 0 Å². The Morgan fingerprint density at radius 2 is 1.74 bits per heavy atom. The molecule has 0 aliphatic heterocycles. The van der Waals surface area contributed by atoms with Gasteiger partial charge in [0.2, 0.25) is 0 Å². The molecule has 0 heterocycles. The summed E-state index contributed by atoms with van der Waals surface area (Å²) in [4.78, 5) is 15.0. The van der Waals surface area contributed by atoms with E-state index in [1.165, 1.54) is 6.07 Å². The fourth-order valence-corrected chi connectivity index (χ4v) is 4.33. The number of ketones is 1. The Bertz CT molecular complexity index is 1400. The van der Waals surface area contributed by atoms with Crippen molar-refractivity contribution in [3.8, 4) is 0 Å². The van der Waals surface area contributed by atoms with Gasteiger partial charge in [-0.25, -0.2) is 0 Å². The zero-order valence-corrected chi connectivity index (χ0v) is 15.0. The summed E-state index contributed by atoms with van der Waals surface area (Å²) in [5, 5.41) is 7.30. The predicted molar refractivity (Wildman–Crippen MR) is 103 cm³/mol. The topological polar surface area (TPSA) is 120 Å². The second kappa shape index (κ2) is 5.92. The molecule has 8 heteroatoms. The van der Waals surface area contributed by atoms with Crippen molar-refractivity contribution >= 4 is 53.9 Å². The van der Waals surface area contributed by atoms with E-state index >= 15 is 0 Å². The Morgan fingerprint density at radius 1 is 1.07 bits per heavy atom. The first-order chi connectivity index (χ1) is 12.9. The quantitative estimate of drug-likeness (QED) is 0.128. The first kappa shape index (κ1) is 17.2. The van der Waals surface area contributed by atoms with Gasteiger partial charge in [0.15, 0.2) is 5.78 Å². The average Bonchev–Trinajstić information content (AvgIpc) is 2.65. The highest BCUT2D eigenvalue weighted by Crippen LogP contribution is 2.42. The Kier molecular flexibility index (Phi) is 3.78. The highest BCUT2D eigenvalue weighted by molar-refractivity contribution is 7.86. The third kappa shape index (κ3) is 2.50. The van der Waals surface area contributed by atoms with Crippen molar-refractivity contribution < 1.29 is 17.8 Å². The Hall–Kier alpha value is -3.19. The van der Waals surface area contributed by atoms with Crippen molar-refractivity contribution in [2.24, 2.45) is 5.11 Å². The Labute approximate surface area is 153 Å². The summed E-state index contributed by atoms with van der Waals surface area (Å²) in [6.45, 7) is 1.69. The molecule has 4 rings (SSSR count). The van der Waals surface area contributed by atoms with Gasteiger partial charge in [0.1, 0.15) is 4.90 Å². The molecule has 0 amide bonds.